The molecule has 0 aromatic heterocycles. The van der Waals surface area contributed by atoms with Gasteiger partial charge >= 0.3 is 5.97 Å². The van der Waals surface area contributed by atoms with Gasteiger partial charge in [-0.1, -0.05) is 0 Å². The molecule has 0 aliphatic carbocycles. The van der Waals surface area contributed by atoms with Gasteiger partial charge in [-0.15, -0.1) is 0 Å². The van der Waals surface area contributed by atoms with Crippen molar-refractivity contribution in [2.75, 3.05) is 40.0 Å². The third kappa shape index (κ3) is 6.73. The molecule has 3 N–H and O–H groups in total. The van der Waals surface area contributed by atoms with Crippen molar-refractivity contribution in [1.82, 2.24) is 5.32 Å². The first-order valence-electron chi connectivity index (χ1n) is 5.24. The van der Waals surface area contributed by atoms with E-state index in [4.69, 9.17) is 9.84 Å². The summed E-state index contributed by atoms with van der Waals surface area (Å²) in [5, 5.41) is 21.0. The molecule has 0 saturated carbocycles. The summed E-state index contributed by atoms with van der Waals surface area (Å²) in [6.45, 7) is 3.05. The Bertz CT molecular complexity index is 196. The largest absolute Gasteiger partial charge is 0.467 e. The van der Waals surface area contributed by atoms with Crippen LogP contribution in [0.4, 0.5) is 0 Å². The Kier molecular flexibility index (Phi) is 8.10. The Morgan fingerprint density at radius 2 is 2.12 bits per heavy atom. The second-order valence-electron chi connectivity index (χ2n) is 3.63. The van der Waals surface area contributed by atoms with Gasteiger partial charge in [-0.05, 0) is 19.9 Å². The van der Waals surface area contributed by atoms with Crippen LogP contribution in [0.15, 0.2) is 0 Å². The van der Waals surface area contributed by atoms with E-state index in [1.165, 1.54) is 14.0 Å². The second-order valence-corrected chi connectivity index (χ2v) is 3.63. The maximum Gasteiger partial charge on any atom is 0.338 e. The van der Waals surface area contributed by atoms with Crippen LogP contribution in [0.2, 0.25) is 0 Å². The van der Waals surface area contributed by atoms with E-state index in [1.807, 2.05) is 0 Å². The van der Waals surface area contributed by atoms with Crippen LogP contribution in [0.5, 0.6) is 0 Å². The number of hydrogen-bond acceptors (Lipinski definition) is 6. The molecule has 0 heterocycles. The van der Waals surface area contributed by atoms with Crippen LogP contribution in [-0.2, 0) is 14.3 Å². The van der Waals surface area contributed by atoms with Crippen molar-refractivity contribution in [3.63, 3.8) is 0 Å². The normalized spacial score (nSPS) is 14.5. The molecule has 96 valence electrons. The molecule has 0 saturated heterocycles. The lowest BCUT2D eigenvalue weighted by Crippen LogP contribution is -2.45. The number of nitrogens with one attached hydrogen (secondary N) is 1. The zero-order chi connectivity index (χ0) is 12.4. The fourth-order valence-electron chi connectivity index (χ4n) is 1.09. The Hall–Kier alpha value is -0.690. The monoisotopic (exact) mass is 235 g/mol. The number of aliphatic hydroxyl groups excluding tert-OH is 1. The highest BCUT2D eigenvalue weighted by atomic mass is 16.5. The lowest BCUT2D eigenvalue weighted by Gasteiger charge is -2.20. The third-order valence-electron chi connectivity index (χ3n) is 1.97. The maximum atomic E-state index is 11.1. The van der Waals surface area contributed by atoms with E-state index >= 15 is 0 Å². The first kappa shape index (κ1) is 15.3. The number of ether oxygens (including phenoxy) is 2. The number of aliphatic hydroxyl groups is 2. The molecular weight excluding hydrogens is 214 g/mol. The summed E-state index contributed by atoms with van der Waals surface area (Å²) >= 11 is 0. The highest BCUT2D eigenvalue weighted by molar-refractivity contribution is 5.78. The van der Waals surface area contributed by atoms with Crippen molar-refractivity contribution < 1.29 is 24.5 Å². The van der Waals surface area contributed by atoms with E-state index < -0.39 is 11.6 Å². The topological polar surface area (TPSA) is 88.0 Å². The highest BCUT2D eigenvalue weighted by Gasteiger charge is 2.30. The van der Waals surface area contributed by atoms with Crippen molar-refractivity contribution in [1.29, 1.82) is 0 Å². The first-order chi connectivity index (χ1) is 7.54. The highest BCUT2D eigenvalue weighted by Crippen LogP contribution is 2.03. The first-order valence-corrected chi connectivity index (χ1v) is 5.24. The van der Waals surface area contributed by atoms with Crippen LogP contribution in [0.25, 0.3) is 0 Å². The van der Waals surface area contributed by atoms with E-state index in [0.29, 0.717) is 19.8 Å². The average molecular weight is 235 g/mol. The molecule has 1 unspecified atom stereocenters. The van der Waals surface area contributed by atoms with E-state index in [0.717, 1.165) is 6.42 Å². The van der Waals surface area contributed by atoms with E-state index in [2.05, 4.69) is 10.1 Å². The predicted molar refractivity (Wildman–Crippen MR) is 58.0 cm³/mol. The Morgan fingerprint density at radius 1 is 1.44 bits per heavy atom. The minimum Gasteiger partial charge on any atom is -0.467 e. The number of carbonyl (C=O) groups excluding carboxylic acids is 1. The summed E-state index contributed by atoms with van der Waals surface area (Å²) in [6, 6.07) is 0. The smallest absolute Gasteiger partial charge is 0.338 e. The fraction of sp³-hybridized carbons (Fsp3) is 0.900. The summed E-state index contributed by atoms with van der Waals surface area (Å²) < 4.78 is 9.48. The molecule has 0 bridgehead atoms. The lowest BCUT2D eigenvalue weighted by molar-refractivity contribution is -0.159. The van der Waals surface area contributed by atoms with Crippen molar-refractivity contribution in [2.45, 2.75) is 18.9 Å². The minimum atomic E-state index is -1.50. The standard InChI is InChI=1S/C10H21NO5/c1-10(14,9(13)15-2)8-11-4-3-6-16-7-5-12/h11-12,14H,3-8H2,1-2H3. The molecule has 0 spiro atoms. The van der Waals surface area contributed by atoms with Crippen LogP contribution < -0.4 is 5.32 Å². The van der Waals surface area contributed by atoms with Crippen LogP contribution >= 0.6 is 0 Å². The molecule has 0 aromatic carbocycles. The van der Waals surface area contributed by atoms with Gasteiger partial charge < -0.3 is 25.0 Å². The Labute approximate surface area is 95.6 Å². The van der Waals surface area contributed by atoms with Gasteiger partial charge in [-0.2, -0.15) is 0 Å². The average Bonchev–Trinajstić information content (AvgIpc) is 2.26. The van der Waals surface area contributed by atoms with E-state index in [1.54, 1.807) is 0 Å². The number of esters is 1. The van der Waals surface area contributed by atoms with Crippen molar-refractivity contribution in [2.24, 2.45) is 0 Å². The Morgan fingerprint density at radius 3 is 2.69 bits per heavy atom. The number of hydrogen-bond donors (Lipinski definition) is 3. The molecule has 0 radical (unpaired) electrons. The molecule has 16 heavy (non-hydrogen) atoms. The summed E-state index contributed by atoms with van der Waals surface area (Å²) in [7, 11) is 1.24. The molecule has 6 nitrogen and oxygen atoms in total. The molecule has 1 atom stereocenters. The predicted octanol–water partition coefficient (Wildman–Crippen LogP) is -1.10. The van der Waals surface area contributed by atoms with E-state index in [9.17, 15) is 9.90 Å². The number of carbonyl (C=O) groups is 1. The molecule has 0 aromatic rings. The SMILES string of the molecule is COC(=O)C(C)(O)CNCCCOCCO. The van der Waals surface area contributed by atoms with Gasteiger partial charge in [0, 0.05) is 13.2 Å². The maximum absolute atomic E-state index is 11.1. The van der Waals surface area contributed by atoms with Crippen LogP contribution in [-0.4, -0.2) is 61.8 Å². The summed E-state index contributed by atoms with van der Waals surface area (Å²) in [5.41, 5.74) is -1.50. The van der Waals surface area contributed by atoms with Gasteiger partial charge in [0.15, 0.2) is 5.60 Å². The number of methoxy groups -OCH3 is 1. The molecule has 0 aliphatic heterocycles. The molecule has 0 rings (SSSR count). The van der Waals surface area contributed by atoms with Crippen LogP contribution in [0.1, 0.15) is 13.3 Å². The molecule has 6 heteroatoms. The molecule has 0 amide bonds. The van der Waals surface area contributed by atoms with Gasteiger partial charge in [0.05, 0.1) is 20.3 Å². The lowest BCUT2D eigenvalue weighted by atomic mass is 10.1. The molecule has 0 fully saturated rings. The second kappa shape index (κ2) is 8.46. The Balaban J connectivity index is 3.47. The molecular formula is C10H21NO5. The number of rotatable bonds is 9. The summed E-state index contributed by atoms with van der Waals surface area (Å²) in [5.74, 6) is -0.656. The van der Waals surface area contributed by atoms with Gasteiger partial charge in [0.25, 0.3) is 0 Å². The fourth-order valence-corrected chi connectivity index (χ4v) is 1.09. The van der Waals surface area contributed by atoms with Gasteiger partial charge in [0.2, 0.25) is 0 Å². The van der Waals surface area contributed by atoms with Crippen molar-refractivity contribution in [3.05, 3.63) is 0 Å². The minimum absolute atomic E-state index is 0.0183. The molecule has 0 aliphatic rings. The third-order valence-corrected chi connectivity index (χ3v) is 1.97. The van der Waals surface area contributed by atoms with Gasteiger partial charge in [-0.25, -0.2) is 4.79 Å². The van der Waals surface area contributed by atoms with Crippen LogP contribution in [0, 0.1) is 0 Å². The van der Waals surface area contributed by atoms with Gasteiger partial charge in [-0.3, -0.25) is 0 Å². The van der Waals surface area contributed by atoms with Crippen molar-refractivity contribution in [3.8, 4) is 0 Å². The summed E-state index contributed by atoms with van der Waals surface area (Å²) in [6.07, 6.45) is 0.747. The van der Waals surface area contributed by atoms with Crippen LogP contribution in [0.3, 0.4) is 0 Å². The van der Waals surface area contributed by atoms with Gasteiger partial charge in [0.1, 0.15) is 0 Å². The quantitative estimate of drug-likeness (QED) is 0.347. The van der Waals surface area contributed by atoms with E-state index in [-0.39, 0.29) is 13.2 Å². The van der Waals surface area contributed by atoms with Crippen molar-refractivity contribution >= 4 is 5.97 Å². The summed E-state index contributed by atoms with van der Waals surface area (Å²) in [4.78, 5) is 11.1. The zero-order valence-electron chi connectivity index (χ0n) is 9.86. The zero-order valence-corrected chi connectivity index (χ0v) is 9.86.